The van der Waals surface area contributed by atoms with Crippen LogP contribution in [0.5, 0.6) is 0 Å². The van der Waals surface area contributed by atoms with Gasteiger partial charge < -0.3 is 9.84 Å². The molecule has 1 N–H and O–H groups in total. The minimum absolute atomic E-state index is 0.0519. The maximum absolute atomic E-state index is 11.8. The summed E-state index contributed by atoms with van der Waals surface area (Å²) in [5.41, 5.74) is 1.11. The molecule has 0 radical (unpaired) electrons. The van der Waals surface area contributed by atoms with Crippen LogP contribution < -0.4 is 4.90 Å². The van der Waals surface area contributed by atoms with E-state index in [9.17, 15) is 14.4 Å². The molecule has 1 aliphatic heterocycles. The third kappa shape index (κ3) is 2.97. The van der Waals surface area contributed by atoms with Crippen LogP contribution in [0.1, 0.15) is 12.0 Å². The number of carbonyl (C=O) groups excluding carboxylic acids is 2. The SMILES string of the molecule is O=C(O)CCc1ccccc1N1C(=O)COCC1=O. The van der Waals surface area contributed by atoms with Crippen molar-refractivity contribution < 1.29 is 24.2 Å². The van der Waals surface area contributed by atoms with Crippen LogP contribution in [0.4, 0.5) is 5.69 Å². The van der Waals surface area contributed by atoms with Crippen molar-refractivity contribution in [2.24, 2.45) is 0 Å². The van der Waals surface area contributed by atoms with E-state index in [4.69, 9.17) is 9.84 Å². The van der Waals surface area contributed by atoms with Crippen molar-refractivity contribution in [2.75, 3.05) is 18.1 Å². The molecule has 6 nitrogen and oxygen atoms in total. The van der Waals surface area contributed by atoms with E-state index in [0.29, 0.717) is 11.3 Å². The van der Waals surface area contributed by atoms with Crippen molar-refractivity contribution in [1.29, 1.82) is 0 Å². The second-order valence-corrected chi connectivity index (χ2v) is 4.14. The molecular weight excluding hydrogens is 250 g/mol. The van der Waals surface area contributed by atoms with E-state index in [1.807, 2.05) is 0 Å². The number of aryl methyl sites for hydroxylation is 1. The quantitative estimate of drug-likeness (QED) is 0.804. The highest BCUT2D eigenvalue weighted by atomic mass is 16.5. The minimum atomic E-state index is -0.922. The molecule has 1 fully saturated rings. The number of para-hydroxylation sites is 1. The first kappa shape index (κ1) is 13.2. The van der Waals surface area contributed by atoms with Gasteiger partial charge in [-0.3, -0.25) is 14.4 Å². The van der Waals surface area contributed by atoms with Crippen LogP contribution in [0, 0.1) is 0 Å². The lowest BCUT2D eigenvalue weighted by Gasteiger charge is -2.26. The van der Waals surface area contributed by atoms with E-state index in [2.05, 4.69) is 0 Å². The van der Waals surface area contributed by atoms with Crippen LogP contribution in [0.3, 0.4) is 0 Å². The normalized spacial score (nSPS) is 15.7. The standard InChI is InChI=1S/C13H13NO5/c15-11-7-19-8-12(16)14(11)10-4-2-1-3-9(10)5-6-13(17)18/h1-4H,5-8H2,(H,17,18). The van der Waals surface area contributed by atoms with Gasteiger partial charge in [-0.2, -0.15) is 0 Å². The third-order valence-electron chi connectivity index (χ3n) is 2.79. The number of rotatable bonds is 4. The highest BCUT2D eigenvalue weighted by Gasteiger charge is 2.29. The third-order valence-corrected chi connectivity index (χ3v) is 2.79. The average Bonchev–Trinajstić information content (AvgIpc) is 2.37. The number of morpholine rings is 1. The van der Waals surface area contributed by atoms with Crippen molar-refractivity contribution >= 4 is 23.5 Å². The van der Waals surface area contributed by atoms with Crippen LogP contribution >= 0.6 is 0 Å². The van der Waals surface area contributed by atoms with Crippen LogP contribution in [-0.2, 0) is 25.5 Å². The summed E-state index contributed by atoms with van der Waals surface area (Å²) in [4.78, 5) is 35.2. The Morgan fingerprint density at radius 1 is 1.21 bits per heavy atom. The van der Waals surface area contributed by atoms with Crippen molar-refractivity contribution in [2.45, 2.75) is 12.8 Å². The molecule has 1 aromatic rings. The largest absolute Gasteiger partial charge is 0.481 e. The van der Waals surface area contributed by atoms with Gasteiger partial charge in [-0.1, -0.05) is 18.2 Å². The Labute approximate surface area is 109 Å². The second kappa shape index (κ2) is 5.62. The van der Waals surface area contributed by atoms with Crippen LogP contribution in [0.25, 0.3) is 0 Å². The fourth-order valence-electron chi connectivity index (χ4n) is 1.94. The molecule has 1 aromatic carbocycles. The number of imide groups is 1. The molecule has 100 valence electrons. The number of carboxylic acid groups (broad SMARTS) is 1. The van der Waals surface area contributed by atoms with Crippen molar-refractivity contribution in [3.05, 3.63) is 29.8 Å². The molecule has 0 saturated carbocycles. The summed E-state index contributed by atoms with van der Waals surface area (Å²) in [6.45, 7) is -0.280. The molecule has 0 unspecified atom stereocenters. The van der Waals surface area contributed by atoms with Crippen molar-refractivity contribution in [3.63, 3.8) is 0 Å². The smallest absolute Gasteiger partial charge is 0.303 e. The Hall–Kier alpha value is -2.21. The number of hydrogen-bond donors (Lipinski definition) is 1. The first-order valence-electron chi connectivity index (χ1n) is 5.83. The monoisotopic (exact) mass is 263 g/mol. The number of aliphatic carboxylic acids is 1. The van der Waals surface area contributed by atoms with E-state index in [0.717, 1.165) is 4.90 Å². The minimum Gasteiger partial charge on any atom is -0.481 e. The Morgan fingerprint density at radius 2 is 1.84 bits per heavy atom. The van der Waals surface area contributed by atoms with Crippen LogP contribution in [0.15, 0.2) is 24.3 Å². The van der Waals surface area contributed by atoms with Crippen LogP contribution in [-0.4, -0.2) is 36.1 Å². The predicted molar refractivity (Wildman–Crippen MR) is 65.7 cm³/mol. The van der Waals surface area contributed by atoms with Gasteiger partial charge in [0, 0.05) is 6.42 Å². The molecule has 0 bridgehead atoms. The lowest BCUT2D eigenvalue weighted by molar-refractivity contribution is -0.138. The number of ether oxygens (including phenoxy) is 1. The van der Waals surface area contributed by atoms with Crippen LogP contribution in [0.2, 0.25) is 0 Å². The zero-order chi connectivity index (χ0) is 13.8. The number of anilines is 1. The number of nitrogens with zero attached hydrogens (tertiary/aromatic N) is 1. The first-order valence-corrected chi connectivity index (χ1v) is 5.83. The maximum Gasteiger partial charge on any atom is 0.303 e. The maximum atomic E-state index is 11.8. The van der Waals surface area contributed by atoms with Crippen molar-refractivity contribution in [3.8, 4) is 0 Å². The lowest BCUT2D eigenvalue weighted by atomic mass is 10.1. The van der Waals surface area contributed by atoms with Gasteiger partial charge in [0.05, 0.1) is 5.69 Å². The van der Waals surface area contributed by atoms with Crippen molar-refractivity contribution in [1.82, 2.24) is 0 Å². The van der Waals surface area contributed by atoms with E-state index < -0.39 is 17.8 Å². The molecule has 1 aliphatic rings. The van der Waals surface area contributed by atoms with Gasteiger partial charge in [0.25, 0.3) is 11.8 Å². The van der Waals surface area contributed by atoms with Gasteiger partial charge in [0.15, 0.2) is 0 Å². The summed E-state index contributed by atoms with van der Waals surface area (Å²) < 4.78 is 4.85. The Balaban J connectivity index is 2.30. The Kier molecular flexibility index (Phi) is 3.91. The average molecular weight is 263 g/mol. The molecule has 1 saturated heterocycles. The zero-order valence-electron chi connectivity index (χ0n) is 10.2. The van der Waals surface area contributed by atoms with Gasteiger partial charge >= 0.3 is 5.97 Å². The Morgan fingerprint density at radius 3 is 2.47 bits per heavy atom. The molecule has 0 atom stereocenters. The summed E-state index contributed by atoms with van der Waals surface area (Å²) in [5.74, 6) is -1.78. The summed E-state index contributed by atoms with van der Waals surface area (Å²) in [6, 6.07) is 6.80. The molecule has 0 aromatic heterocycles. The molecular formula is C13H13NO5. The van der Waals surface area contributed by atoms with E-state index in [-0.39, 0.29) is 26.1 Å². The molecule has 19 heavy (non-hydrogen) atoms. The lowest BCUT2D eigenvalue weighted by Crippen LogP contribution is -2.46. The van der Waals surface area contributed by atoms with Gasteiger partial charge in [0.1, 0.15) is 13.2 Å². The van der Waals surface area contributed by atoms with E-state index in [1.165, 1.54) is 0 Å². The number of carboxylic acids is 1. The van der Waals surface area contributed by atoms with Gasteiger partial charge in [0.2, 0.25) is 0 Å². The second-order valence-electron chi connectivity index (χ2n) is 4.14. The fourth-order valence-corrected chi connectivity index (χ4v) is 1.94. The number of benzene rings is 1. The number of amides is 2. The zero-order valence-corrected chi connectivity index (χ0v) is 10.2. The molecule has 1 heterocycles. The number of carbonyl (C=O) groups is 3. The summed E-state index contributed by atoms with van der Waals surface area (Å²) in [7, 11) is 0. The molecule has 6 heteroatoms. The van der Waals surface area contributed by atoms with Gasteiger partial charge in [-0.05, 0) is 18.1 Å². The first-order chi connectivity index (χ1) is 9.09. The molecule has 2 rings (SSSR count). The topological polar surface area (TPSA) is 83.9 Å². The molecule has 0 spiro atoms. The highest BCUT2D eigenvalue weighted by Crippen LogP contribution is 2.23. The fraction of sp³-hybridized carbons (Fsp3) is 0.308. The summed E-state index contributed by atoms with van der Waals surface area (Å²) in [6.07, 6.45) is 0.215. The van der Waals surface area contributed by atoms with E-state index in [1.54, 1.807) is 24.3 Å². The molecule has 2 amide bonds. The summed E-state index contributed by atoms with van der Waals surface area (Å²) in [5, 5.41) is 8.71. The highest BCUT2D eigenvalue weighted by molar-refractivity contribution is 6.17. The Bertz CT molecular complexity index is 510. The van der Waals surface area contributed by atoms with Gasteiger partial charge in [-0.15, -0.1) is 0 Å². The summed E-state index contributed by atoms with van der Waals surface area (Å²) >= 11 is 0. The van der Waals surface area contributed by atoms with Gasteiger partial charge in [-0.25, -0.2) is 4.90 Å². The van der Waals surface area contributed by atoms with E-state index >= 15 is 0 Å². The predicted octanol–water partition coefficient (Wildman–Crippen LogP) is 0.594. The molecule has 0 aliphatic carbocycles. The number of hydrogen-bond acceptors (Lipinski definition) is 4.